The molecule has 1 aromatic heterocycles. The van der Waals surface area contributed by atoms with Crippen LogP contribution in [0.3, 0.4) is 0 Å². The van der Waals surface area contributed by atoms with Crippen LogP contribution in [0.25, 0.3) is 5.69 Å². The van der Waals surface area contributed by atoms with Crippen LogP contribution in [0.5, 0.6) is 0 Å². The number of anilines is 1. The number of rotatable bonds is 4. The molecule has 0 saturated carbocycles. The van der Waals surface area contributed by atoms with Gasteiger partial charge >= 0.3 is 0 Å². The highest BCUT2D eigenvalue weighted by atomic mass is 16.7. The smallest absolute Gasteiger partial charge is 0.295 e. The lowest BCUT2D eigenvalue weighted by Gasteiger charge is -2.41. The third-order valence-electron chi connectivity index (χ3n) is 5.56. The molecule has 0 aliphatic carbocycles. The van der Waals surface area contributed by atoms with E-state index in [1.807, 2.05) is 44.3 Å². The largest absolute Gasteiger partial charge is 0.387 e. The second-order valence-electron chi connectivity index (χ2n) is 7.40. The summed E-state index contributed by atoms with van der Waals surface area (Å²) < 4.78 is 20.5. The number of hydrogen-bond acceptors (Lipinski definition) is 7. The second kappa shape index (κ2) is 8.29. The van der Waals surface area contributed by atoms with Gasteiger partial charge < -0.3 is 29.7 Å². The van der Waals surface area contributed by atoms with E-state index >= 15 is 0 Å². The number of benzene rings is 1. The van der Waals surface area contributed by atoms with Crippen LogP contribution in [0.2, 0.25) is 0 Å². The molecule has 0 radical (unpaired) electrons. The molecule has 2 aromatic rings. The third kappa shape index (κ3) is 3.72. The Morgan fingerprint density at radius 3 is 2.62 bits per heavy atom. The lowest BCUT2D eigenvalue weighted by atomic mass is 9.98. The SMILES string of the molecule is Cc1c(NCC2OC3OCCCOC2C(O)C3O)c(=O)n(-c2ccccc2)n1C. The Morgan fingerprint density at radius 2 is 1.86 bits per heavy atom. The van der Waals surface area contributed by atoms with E-state index in [1.54, 1.807) is 9.36 Å². The highest BCUT2D eigenvalue weighted by molar-refractivity contribution is 5.49. The molecule has 2 bridgehead atoms. The molecule has 0 spiro atoms. The summed E-state index contributed by atoms with van der Waals surface area (Å²) in [6.07, 6.45) is -3.88. The Bertz CT molecular complexity index is 894. The highest BCUT2D eigenvalue weighted by Gasteiger charge is 2.46. The molecular weight excluding hydrogens is 378 g/mol. The average Bonchev–Trinajstić information content (AvgIpc) is 3.02. The van der Waals surface area contributed by atoms with Crippen LogP contribution in [0.4, 0.5) is 5.69 Å². The van der Waals surface area contributed by atoms with Crippen LogP contribution in [-0.4, -0.2) is 70.0 Å². The lowest BCUT2D eigenvalue weighted by molar-refractivity contribution is -0.291. The molecule has 0 amide bonds. The number of aliphatic hydroxyl groups excluding tert-OH is 2. The summed E-state index contributed by atoms with van der Waals surface area (Å²) in [6, 6.07) is 9.39. The van der Waals surface area contributed by atoms with Crippen LogP contribution in [0.1, 0.15) is 12.1 Å². The summed E-state index contributed by atoms with van der Waals surface area (Å²) in [5, 5.41) is 23.8. The molecule has 29 heavy (non-hydrogen) atoms. The molecule has 5 atom stereocenters. The second-order valence-corrected chi connectivity index (χ2v) is 7.40. The van der Waals surface area contributed by atoms with Gasteiger partial charge in [-0.3, -0.25) is 9.48 Å². The maximum atomic E-state index is 13.0. The molecule has 5 rings (SSSR count). The van der Waals surface area contributed by atoms with Crippen LogP contribution < -0.4 is 10.9 Å². The summed E-state index contributed by atoms with van der Waals surface area (Å²) in [5.74, 6) is 0. The molecule has 3 aliphatic rings. The van der Waals surface area contributed by atoms with Gasteiger partial charge in [-0.1, -0.05) is 18.2 Å². The zero-order valence-electron chi connectivity index (χ0n) is 16.5. The molecule has 5 unspecified atom stereocenters. The summed E-state index contributed by atoms with van der Waals surface area (Å²) in [7, 11) is 1.82. The zero-order chi connectivity index (χ0) is 20.5. The van der Waals surface area contributed by atoms with E-state index in [-0.39, 0.29) is 12.1 Å². The third-order valence-corrected chi connectivity index (χ3v) is 5.56. The normalized spacial score (nSPS) is 29.9. The van der Waals surface area contributed by atoms with Gasteiger partial charge in [0.2, 0.25) is 0 Å². The Balaban J connectivity index is 1.57. The van der Waals surface area contributed by atoms with Gasteiger partial charge in [-0.15, -0.1) is 0 Å². The minimum absolute atomic E-state index is 0.179. The standard InChI is InChI=1S/C20H27N3O6/c1-12-15(19(26)23(22(12)2)13-7-4-3-5-8-13)21-11-14-18-16(24)17(25)20(29-14)28-10-6-9-27-18/h3-5,7-8,14,16-18,20-21,24-25H,6,9-11H2,1-2H3. The lowest BCUT2D eigenvalue weighted by Crippen LogP contribution is -2.60. The van der Waals surface area contributed by atoms with E-state index in [4.69, 9.17) is 14.2 Å². The topological polar surface area (TPSA) is 107 Å². The fraction of sp³-hybridized carbons (Fsp3) is 0.550. The number of aliphatic hydroxyl groups is 2. The van der Waals surface area contributed by atoms with Crippen molar-refractivity contribution in [3.8, 4) is 5.69 Å². The number of fused-ring (bicyclic) bond motifs is 6. The van der Waals surface area contributed by atoms with Crippen molar-refractivity contribution in [2.75, 3.05) is 25.1 Å². The first kappa shape index (κ1) is 20.1. The first-order valence-corrected chi connectivity index (χ1v) is 9.81. The van der Waals surface area contributed by atoms with Gasteiger partial charge in [0.25, 0.3) is 5.56 Å². The number of nitrogens with one attached hydrogen (secondary N) is 1. The summed E-state index contributed by atoms with van der Waals surface area (Å²) in [4.78, 5) is 13.0. The van der Waals surface area contributed by atoms with E-state index in [0.717, 1.165) is 11.4 Å². The molecule has 9 heteroatoms. The van der Waals surface area contributed by atoms with Crippen LogP contribution >= 0.6 is 0 Å². The van der Waals surface area contributed by atoms with Crippen molar-refractivity contribution >= 4 is 5.69 Å². The molecule has 3 saturated heterocycles. The van der Waals surface area contributed by atoms with E-state index in [0.29, 0.717) is 25.3 Å². The summed E-state index contributed by atoms with van der Waals surface area (Å²) >= 11 is 0. The Labute approximate surface area is 168 Å². The number of para-hydroxylation sites is 1. The maximum absolute atomic E-state index is 13.0. The fourth-order valence-electron chi connectivity index (χ4n) is 3.87. The van der Waals surface area contributed by atoms with Gasteiger partial charge in [0.15, 0.2) is 6.29 Å². The predicted octanol–water partition coefficient (Wildman–Crippen LogP) is 0.149. The minimum Gasteiger partial charge on any atom is -0.387 e. The van der Waals surface area contributed by atoms with Gasteiger partial charge in [-0.2, -0.15) is 0 Å². The first-order chi connectivity index (χ1) is 14.0. The van der Waals surface area contributed by atoms with Crippen LogP contribution in [0.15, 0.2) is 35.1 Å². The van der Waals surface area contributed by atoms with Crippen molar-refractivity contribution in [2.24, 2.45) is 7.05 Å². The highest BCUT2D eigenvalue weighted by Crippen LogP contribution is 2.26. The van der Waals surface area contributed by atoms with E-state index < -0.39 is 30.7 Å². The Hall–Kier alpha value is -2.17. The molecule has 9 nitrogen and oxygen atoms in total. The van der Waals surface area contributed by atoms with E-state index in [9.17, 15) is 15.0 Å². The number of hydrogen-bond donors (Lipinski definition) is 3. The van der Waals surface area contributed by atoms with Crippen molar-refractivity contribution in [3.05, 3.63) is 46.4 Å². The average molecular weight is 405 g/mol. The van der Waals surface area contributed by atoms with E-state index in [1.165, 1.54) is 0 Å². The van der Waals surface area contributed by atoms with E-state index in [2.05, 4.69) is 5.32 Å². The molecule has 3 aliphatic heterocycles. The summed E-state index contributed by atoms with van der Waals surface area (Å²) in [5.41, 5.74) is 1.81. The number of ether oxygens (including phenoxy) is 3. The monoisotopic (exact) mass is 405 g/mol. The summed E-state index contributed by atoms with van der Waals surface area (Å²) in [6.45, 7) is 2.86. The van der Waals surface area contributed by atoms with Gasteiger partial charge in [-0.05, 0) is 25.5 Å². The maximum Gasteiger partial charge on any atom is 0.295 e. The predicted molar refractivity (Wildman–Crippen MR) is 105 cm³/mol. The minimum atomic E-state index is -1.18. The number of aromatic nitrogens is 2. The molecule has 4 heterocycles. The fourth-order valence-corrected chi connectivity index (χ4v) is 3.87. The molecular formula is C20H27N3O6. The molecule has 1 aromatic carbocycles. The quantitative estimate of drug-likeness (QED) is 0.665. The molecule has 3 N–H and O–H groups in total. The Morgan fingerprint density at radius 1 is 1.14 bits per heavy atom. The molecule has 3 fully saturated rings. The first-order valence-electron chi connectivity index (χ1n) is 9.81. The van der Waals surface area contributed by atoms with Gasteiger partial charge in [-0.25, -0.2) is 4.68 Å². The number of nitrogens with zero attached hydrogens (tertiary/aromatic N) is 2. The molecule has 158 valence electrons. The van der Waals surface area contributed by atoms with Crippen molar-refractivity contribution in [3.63, 3.8) is 0 Å². The zero-order valence-corrected chi connectivity index (χ0v) is 16.5. The van der Waals surface area contributed by atoms with Crippen molar-refractivity contribution in [1.82, 2.24) is 9.36 Å². The van der Waals surface area contributed by atoms with Crippen molar-refractivity contribution in [2.45, 2.75) is 44.1 Å². The van der Waals surface area contributed by atoms with Crippen LogP contribution in [-0.2, 0) is 21.3 Å². The van der Waals surface area contributed by atoms with Crippen molar-refractivity contribution in [1.29, 1.82) is 0 Å². The van der Waals surface area contributed by atoms with Crippen molar-refractivity contribution < 1.29 is 24.4 Å². The van der Waals surface area contributed by atoms with Gasteiger partial charge in [0.05, 0.1) is 18.0 Å². The van der Waals surface area contributed by atoms with Gasteiger partial charge in [0, 0.05) is 20.2 Å². The Kier molecular flexibility index (Phi) is 5.75. The van der Waals surface area contributed by atoms with Crippen LogP contribution in [0, 0.1) is 6.92 Å². The van der Waals surface area contributed by atoms with Gasteiger partial charge in [0.1, 0.15) is 30.1 Å².